The van der Waals surface area contributed by atoms with E-state index in [1.807, 2.05) is 6.92 Å². The first kappa shape index (κ1) is 17.0. The molecule has 1 atom stereocenters. The molecule has 1 aromatic rings. The number of rotatable bonds is 7. The van der Waals surface area contributed by atoms with Crippen LogP contribution in [0.4, 0.5) is 17.6 Å². The van der Waals surface area contributed by atoms with Crippen molar-refractivity contribution in [3.05, 3.63) is 35.1 Å². The number of benzene rings is 1. The van der Waals surface area contributed by atoms with Crippen molar-refractivity contribution < 1.29 is 17.6 Å². The molecule has 0 heterocycles. The van der Waals surface area contributed by atoms with Gasteiger partial charge in [0.05, 0.1) is 0 Å². The van der Waals surface area contributed by atoms with E-state index < -0.39 is 12.6 Å². The van der Waals surface area contributed by atoms with E-state index in [-0.39, 0.29) is 24.7 Å². The van der Waals surface area contributed by atoms with Gasteiger partial charge in [-0.3, -0.25) is 0 Å². The van der Waals surface area contributed by atoms with Crippen LogP contribution in [-0.4, -0.2) is 12.7 Å². The Hall–Kier alpha value is -1.10. The van der Waals surface area contributed by atoms with Crippen LogP contribution in [0.2, 0.25) is 0 Å². The van der Waals surface area contributed by atoms with Crippen LogP contribution in [0.25, 0.3) is 0 Å². The average Bonchev–Trinajstić information content (AvgIpc) is 2.36. The first-order chi connectivity index (χ1) is 9.35. The quantitative estimate of drug-likeness (QED) is 0.704. The summed E-state index contributed by atoms with van der Waals surface area (Å²) in [6.45, 7) is 4.28. The molecule has 0 fully saturated rings. The van der Waals surface area contributed by atoms with Crippen molar-refractivity contribution in [2.75, 3.05) is 6.54 Å². The molecule has 0 aliphatic rings. The van der Waals surface area contributed by atoms with Gasteiger partial charge in [0.15, 0.2) is 0 Å². The molecule has 1 aromatic carbocycles. The van der Waals surface area contributed by atoms with Crippen molar-refractivity contribution in [2.24, 2.45) is 0 Å². The fourth-order valence-corrected chi connectivity index (χ4v) is 2.13. The molecule has 0 aliphatic carbocycles. The molecule has 0 radical (unpaired) electrons. The largest absolute Gasteiger partial charge is 0.389 e. The van der Waals surface area contributed by atoms with E-state index in [4.69, 9.17) is 0 Å². The van der Waals surface area contributed by atoms with Crippen LogP contribution in [0.1, 0.15) is 49.8 Å². The SMILES string of the molecule is CCCNC(CCCC(F)(F)F)c1cccc(C)c1F. The van der Waals surface area contributed by atoms with Crippen molar-refractivity contribution in [3.63, 3.8) is 0 Å². The van der Waals surface area contributed by atoms with Gasteiger partial charge in [-0.25, -0.2) is 4.39 Å². The molecule has 0 saturated heterocycles. The van der Waals surface area contributed by atoms with E-state index in [0.29, 0.717) is 17.7 Å². The summed E-state index contributed by atoms with van der Waals surface area (Å²) in [6.07, 6.45) is -3.85. The van der Waals surface area contributed by atoms with Crippen molar-refractivity contribution in [1.82, 2.24) is 5.32 Å². The molecule has 0 spiro atoms. The van der Waals surface area contributed by atoms with E-state index in [2.05, 4.69) is 5.32 Å². The first-order valence-corrected chi connectivity index (χ1v) is 6.90. The molecular formula is C15H21F4N. The number of halogens is 4. The van der Waals surface area contributed by atoms with E-state index in [9.17, 15) is 17.6 Å². The lowest BCUT2D eigenvalue weighted by Gasteiger charge is -2.20. The van der Waals surface area contributed by atoms with Crippen molar-refractivity contribution in [2.45, 2.75) is 51.7 Å². The summed E-state index contributed by atoms with van der Waals surface area (Å²) in [5, 5.41) is 3.13. The fraction of sp³-hybridized carbons (Fsp3) is 0.600. The highest BCUT2D eigenvalue weighted by atomic mass is 19.4. The van der Waals surface area contributed by atoms with Crippen LogP contribution in [0.15, 0.2) is 18.2 Å². The van der Waals surface area contributed by atoms with Crippen molar-refractivity contribution in [3.8, 4) is 0 Å². The smallest absolute Gasteiger partial charge is 0.310 e. The Balaban J connectivity index is 2.75. The Morgan fingerprint density at radius 1 is 1.25 bits per heavy atom. The summed E-state index contributed by atoms with van der Waals surface area (Å²) in [7, 11) is 0. The molecule has 0 aromatic heterocycles. The molecule has 20 heavy (non-hydrogen) atoms. The zero-order chi connectivity index (χ0) is 15.2. The lowest BCUT2D eigenvalue weighted by Crippen LogP contribution is -2.24. The Kier molecular flexibility index (Phi) is 6.46. The van der Waals surface area contributed by atoms with Gasteiger partial charge in [0.25, 0.3) is 0 Å². The molecule has 0 saturated carbocycles. The van der Waals surface area contributed by atoms with Gasteiger partial charge in [0, 0.05) is 18.0 Å². The Morgan fingerprint density at radius 3 is 2.55 bits per heavy atom. The third-order valence-electron chi connectivity index (χ3n) is 3.19. The highest BCUT2D eigenvalue weighted by Crippen LogP contribution is 2.28. The zero-order valence-corrected chi connectivity index (χ0v) is 11.9. The Labute approximate surface area is 117 Å². The van der Waals surface area contributed by atoms with Crippen molar-refractivity contribution >= 4 is 0 Å². The highest BCUT2D eigenvalue weighted by molar-refractivity contribution is 5.27. The van der Waals surface area contributed by atoms with E-state index in [0.717, 1.165) is 6.42 Å². The minimum Gasteiger partial charge on any atom is -0.310 e. The lowest BCUT2D eigenvalue weighted by atomic mass is 9.98. The number of aryl methyl sites for hydroxylation is 1. The summed E-state index contributed by atoms with van der Waals surface area (Å²) in [6, 6.07) is 4.67. The maximum Gasteiger partial charge on any atom is 0.389 e. The number of hydrogen-bond donors (Lipinski definition) is 1. The van der Waals surface area contributed by atoms with E-state index in [1.54, 1.807) is 25.1 Å². The van der Waals surface area contributed by atoms with Gasteiger partial charge in [-0.1, -0.05) is 25.1 Å². The van der Waals surface area contributed by atoms with E-state index in [1.165, 1.54) is 0 Å². The van der Waals surface area contributed by atoms with Gasteiger partial charge in [-0.05, 0) is 38.3 Å². The first-order valence-electron chi connectivity index (χ1n) is 6.90. The minimum atomic E-state index is -4.15. The third kappa shape index (κ3) is 5.49. The molecule has 0 amide bonds. The molecule has 1 nitrogen and oxygen atoms in total. The second-order valence-electron chi connectivity index (χ2n) is 4.99. The van der Waals surface area contributed by atoms with E-state index >= 15 is 0 Å². The summed E-state index contributed by atoms with van der Waals surface area (Å²) < 4.78 is 50.7. The standard InChI is InChI=1S/C15H21F4N/c1-3-10-20-13(8-5-9-15(17,18)19)12-7-4-6-11(2)14(12)16/h4,6-7,13,20H,3,5,8-10H2,1-2H3. The molecule has 1 rings (SSSR count). The van der Waals surface area contributed by atoms with Crippen LogP contribution < -0.4 is 5.32 Å². The summed E-state index contributed by atoms with van der Waals surface area (Å²) in [4.78, 5) is 0. The van der Waals surface area contributed by atoms with Gasteiger partial charge in [0.1, 0.15) is 5.82 Å². The second-order valence-corrected chi connectivity index (χ2v) is 4.99. The maximum absolute atomic E-state index is 14.1. The summed E-state index contributed by atoms with van der Waals surface area (Å²) >= 11 is 0. The average molecular weight is 291 g/mol. The number of alkyl halides is 3. The van der Waals surface area contributed by atoms with Crippen LogP contribution in [0, 0.1) is 12.7 Å². The molecule has 1 N–H and O–H groups in total. The lowest BCUT2D eigenvalue weighted by molar-refractivity contribution is -0.135. The van der Waals surface area contributed by atoms with Gasteiger partial charge < -0.3 is 5.32 Å². The second kappa shape index (κ2) is 7.62. The zero-order valence-electron chi connectivity index (χ0n) is 11.9. The molecule has 1 unspecified atom stereocenters. The van der Waals surface area contributed by atoms with Crippen LogP contribution in [0.3, 0.4) is 0 Å². The number of hydrogen-bond acceptors (Lipinski definition) is 1. The molecule has 114 valence electrons. The van der Waals surface area contributed by atoms with Crippen LogP contribution in [0.5, 0.6) is 0 Å². The normalized spacial score (nSPS) is 13.5. The highest BCUT2D eigenvalue weighted by Gasteiger charge is 2.27. The third-order valence-corrected chi connectivity index (χ3v) is 3.19. The van der Waals surface area contributed by atoms with Crippen LogP contribution >= 0.6 is 0 Å². The van der Waals surface area contributed by atoms with Gasteiger partial charge in [-0.2, -0.15) is 13.2 Å². The van der Waals surface area contributed by atoms with Crippen LogP contribution in [-0.2, 0) is 0 Å². The Morgan fingerprint density at radius 2 is 1.95 bits per heavy atom. The maximum atomic E-state index is 14.1. The summed E-state index contributed by atoms with van der Waals surface area (Å²) in [5.41, 5.74) is 0.974. The molecular weight excluding hydrogens is 270 g/mol. The fourth-order valence-electron chi connectivity index (χ4n) is 2.13. The predicted octanol–water partition coefficient (Wildman–Crippen LogP) is 4.91. The topological polar surface area (TPSA) is 12.0 Å². The van der Waals surface area contributed by atoms with Crippen molar-refractivity contribution in [1.29, 1.82) is 0 Å². The van der Waals surface area contributed by atoms with Gasteiger partial charge in [-0.15, -0.1) is 0 Å². The predicted molar refractivity (Wildman–Crippen MR) is 72.1 cm³/mol. The Bertz CT molecular complexity index is 415. The van der Waals surface area contributed by atoms with Gasteiger partial charge in [0.2, 0.25) is 0 Å². The molecule has 5 heteroatoms. The van der Waals surface area contributed by atoms with Gasteiger partial charge >= 0.3 is 6.18 Å². The molecule has 0 aliphatic heterocycles. The molecule has 0 bridgehead atoms. The monoisotopic (exact) mass is 291 g/mol. The minimum absolute atomic E-state index is 0.00172. The number of nitrogens with one attached hydrogen (secondary N) is 1. The summed E-state index contributed by atoms with van der Waals surface area (Å²) in [5.74, 6) is -0.326.